The van der Waals surface area contributed by atoms with E-state index < -0.39 is 0 Å². The van der Waals surface area contributed by atoms with Gasteiger partial charge in [0.15, 0.2) is 0 Å². The number of aromatic amines is 1. The molecule has 1 aliphatic heterocycles. The van der Waals surface area contributed by atoms with Crippen molar-refractivity contribution in [2.75, 3.05) is 25.1 Å². The Balaban J connectivity index is 1.74. The minimum Gasteiger partial charge on any atom is -0.496 e. The molecule has 3 N–H and O–H groups in total. The van der Waals surface area contributed by atoms with E-state index in [2.05, 4.69) is 20.1 Å². The van der Waals surface area contributed by atoms with E-state index in [0.717, 1.165) is 42.6 Å². The highest BCUT2D eigenvalue weighted by molar-refractivity contribution is 5.37. The van der Waals surface area contributed by atoms with Crippen molar-refractivity contribution in [3.05, 3.63) is 35.7 Å². The molecular weight excluding hydrogens is 254 g/mol. The molecule has 0 aliphatic carbocycles. The predicted octanol–water partition coefficient (Wildman–Crippen LogP) is 0.942. The Morgan fingerprint density at radius 1 is 1.45 bits per heavy atom. The SMILES string of the molecule is COc1ccccc1Cc1nc(N2CCC(N)C2)n[nH]1. The molecule has 6 nitrogen and oxygen atoms in total. The highest BCUT2D eigenvalue weighted by atomic mass is 16.5. The number of nitrogens with zero attached hydrogens (tertiary/aromatic N) is 3. The van der Waals surface area contributed by atoms with Gasteiger partial charge in [-0.1, -0.05) is 18.2 Å². The van der Waals surface area contributed by atoms with Gasteiger partial charge in [0, 0.05) is 31.1 Å². The van der Waals surface area contributed by atoms with Crippen LogP contribution in [0.2, 0.25) is 0 Å². The summed E-state index contributed by atoms with van der Waals surface area (Å²) in [5.41, 5.74) is 7.00. The molecule has 6 heteroatoms. The van der Waals surface area contributed by atoms with E-state index in [1.54, 1.807) is 7.11 Å². The van der Waals surface area contributed by atoms with Crippen LogP contribution < -0.4 is 15.4 Å². The molecule has 2 aromatic rings. The van der Waals surface area contributed by atoms with Gasteiger partial charge in [-0.3, -0.25) is 5.10 Å². The molecule has 2 heterocycles. The number of aromatic nitrogens is 3. The van der Waals surface area contributed by atoms with E-state index in [0.29, 0.717) is 6.42 Å². The van der Waals surface area contributed by atoms with Gasteiger partial charge in [0.2, 0.25) is 5.95 Å². The van der Waals surface area contributed by atoms with Gasteiger partial charge in [-0.05, 0) is 12.5 Å². The second-order valence-corrected chi connectivity index (χ2v) is 5.07. The van der Waals surface area contributed by atoms with Gasteiger partial charge in [0.25, 0.3) is 0 Å². The van der Waals surface area contributed by atoms with Crippen LogP contribution >= 0.6 is 0 Å². The molecule has 0 saturated carbocycles. The van der Waals surface area contributed by atoms with Gasteiger partial charge in [-0.15, -0.1) is 5.10 Å². The van der Waals surface area contributed by atoms with Crippen molar-refractivity contribution in [1.82, 2.24) is 15.2 Å². The summed E-state index contributed by atoms with van der Waals surface area (Å²) in [4.78, 5) is 6.66. The van der Waals surface area contributed by atoms with Crippen LogP contribution in [0.1, 0.15) is 17.8 Å². The average molecular weight is 273 g/mol. The fourth-order valence-electron chi connectivity index (χ4n) is 2.50. The molecular formula is C14H19N5O. The molecule has 0 amide bonds. The minimum atomic E-state index is 0.228. The van der Waals surface area contributed by atoms with E-state index in [1.807, 2.05) is 24.3 Å². The second-order valence-electron chi connectivity index (χ2n) is 5.07. The average Bonchev–Trinajstić information content (AvgIpc) is 3.08. The van der Waals surface area contributed by atoms with Crippen LogP contribution in [0, 0.1) is 0 Å². The Morgan fingerprint density at radius 3 is 3.05 bits per heavy atom. The first kappa shape index (κ1) is 12.9. The van der Waals surface area contributed by atoms with Gasteiger partial charge in [-0.2, -0.15) is 4.98 Å². The van der Waals surface area contributed by atoms with Crippen molar-refractivity contribution >= 4 is 5.95 Å². The van der Waals surface area contributed by atoms with Gasteiger partial charge < -0.3 is 15.4 Å². The number of ether oxygens (including phenoxy) is 1. The van der Waals surface area contributed by atoms with Crippen LogP contribution in [-0.4, -0.2) is 41.4 Å². The molecule has 1 fully saturated rings. The molecule has 3 rings (SSSR count). The monoisotopic (exact) mass is 273 g/mol. The van der Waals surface area contributed by atoms with E-state index >= 15 is 0 Å². The van der Waals surface area contributed by atoms with Crippen molar-refractivity contribution in [1.29, 1.82) is 0 Å². The Kier molecular flexibility index (Phi) is 3.56. The lowest BCUT2D eigenvalue weighted by molar-refractivity contribution is 0.410. The number of benzene rings is 1. The van der Waals surface area contributed by atoms with Crippen LogP contribution in [0.25, 0.3) is 0 Å². The molecule has 0 spiro atoms. The molecule has 1 unspecified atom stereocenters. The van der Waals surface area contributed by atoms with Gasteiger partial charge in [0.1, 0.15) is 11.6 Å². The van der Waals surface area contributed by atoms with E-state index in [4.69, 9.17) is 10.5 Å². The van der Waals surface area contributed by atoms with Crippen LogP contribution in [0.3, 0.4) is 0 Å². The Bertz CT molecular complexity index is 582. The molecule has 1 aromatic heterocycles. The van der Waals surface area contributed by atoms with E-state index in [-0.39, 0.29) is 6.04 Å². The maximum Gasteiger partial charge on any atom is 0.244 e. The van der Waals surface area contributed by atoms with Gasteiger partial charge in [-0.25, -0.2) is 0 Å². The Morgan fingerprint density at radius 2 is 2.30 bits per heavy atom. The molecule has 1 atom stereocenters. The molecule has 20 heavy (non-hydrogen) atoms. The van der Waals surface area contributed by atoms with E-state index in [1.165, 1.54) is 0 Å². The second kappa shape index (κ2) is 5.50. The van der Waals surface area contributed by atoms with Gasteiger partial charge >= 0.3 is 0 Å². The summed E-state index contributed by atoms with van der Waals surface area (Å²) in [6.07, 6.45) is 1.67. The third-order valence-electron chi connectivity index (χ3n) is 3.58. The number of para-hydroxylation sites is 1. The number of anilines is 1. The fourth-order valence-corrected chi connectivity index (χ4v) is 2.50. The summed E-state index contributed by atoms with van der Waals surface area (Å²) >= 11 is 0. The molecule has 0 radical (unpaired) electrons. The highest BCUT2D eigenvalue weighted by Crippen LogP contribution is 2.21. The molecule has 106 valence electrons. The Labute approximate surface area is 118 Å². The molecule has 0 bridgehead atoms. The standard InChI is InChI=1S/C14H19N5O/c1-20-12-5-3-2-4-10(12)8-13-16-14(18-17-13)19-7-6-11(15)9-19/h2-5,11H,6-9,15H2,1H3,(H,16,17,18). The number of methoxy groups -OCH3 is 1. The van der Waals surface area contributed by atoms with E-state index in [9.17, 15) is 0 Å². The third kappa shape index (κ3) is 2.60. The fraction of sp³-hybridized carbons (Fsp3) is 0.429. The van der Waals surface area contributed by atoms with Crippen molar-refractivity contribution in [2.24, 2.45) is 5.73 Å². The summed E-state index contributed by atoms with van der Waals surface area (Å²) in [7, 11) is 1.68. The van der Waals surface area contributed by atoms with Gasteiger partial charge in [0.05, 0.1) is 7.11 Å². The summed E-state index contributed by atoms with van der Waals surface area (Å²) < 4.78 is 5.35. The zero-order chi connectivity index (χ0) is 13.9. The predicted molar refractivity (Wildman–Crippen MR) is 77.0 cm³/mol. The molecule has 1 aliphatic rings. The lowest BCUT2D eigenvalue weighted by atomic mass is 10.1. The lowest BCUT2D eigenvalue weighted by Crippen LogP contribution is -2.27. The number of hydrogen-bond acceptors (Lipinski definition) is 5. The normalized spacial score (nSPS) is 18.5. The maximum atomic E-state index is 5.91. The largest absolute Gasteiger partial charge is 0.496 e. The van der Waals surface area contributed by atoms with Crippen molar-refractivity contribution in [3.8, 4) is 5.75 Å². The maximum absolute atomic E-state index is 5.91. The summed E-state index contributed by atoms with van der Waals surface area (Å²) in [6.45, 7) is 1.75. The first-order chi connectivity index (χ1) is 9.76. The van der Waals surface area contributed by atoms with Crippen LogP contribution in [0.15, 0.2) is 24.3 Å². The number of H-pyrrole nitrogens is 1. The first-order valence-corrected chi connectivity index (χ1v) is 6.80. The summed E-state index contributed by atoms with van der Waals surface area (Å²) in [6, 6.07) is 8.17. The number of hydrogen-bond donors (Lipinski definition) is 2. The van der Waals surface area contributed by atoms with Crippen molar-refractivity contribution in [2.45, 2.75) is 18.9 Å². The van der Waals surface area contributed by atoms with Crippen LogP contribution in [0.4, 0.5) is 5.95 Å². The van der Waals surface area contributed by atoms with Crippen LogP contribution in [0.5, 0.6) is 5.75 Å². The highest BCUT2D eigenvalue weighted by Gasteiger charge is 2.22. The lowest BCUT2D eigenvalue weighted by Gasteiger charge is -2.11. The van der Waals surface area contributed by atoms with Crippen molar-refractivity contribution < 1.29 is 4.74 Å². The molecule has 1 aromatic carbocycles. The first-order valence-electron chi connectivity index (χ1n) is 6.80. The minimum absolute atomic E-state index is 0.228. The number of nitrogens with one attached hydrogen (secondary N) is 1. The van der Waals surface area contributed by atoms with Crippen LogP contribution in [-0.2, 0) is 6.42 Å². The zero-order valence-corrected chi connectivity index (χ0v) is 11.5. The number of nitrogens with two attached hydrogens (primary N) is 1. The number of rotatable bonds is 4. The Hall–Kier alpha value is -2.08. The smallest absolute Gasteiger partial charge is 0.244 e. The summed E-state index contributed by atoms with van der Waals surface area (Å²) in [5.74, 6) is 2.45. The van der Waals surface area contributed by atoms with Crippen molar-refractivity contribution in [3.63, 3.8) is 0 Å². The zero-order valence-electron chi connectivity index (χ0n) is 11.5. The molecule has 1 saturated heterocycles. The summed E-state index contributed by atoms with van der Waals surface area (Å²) in [5, 5.41) is 7.28. The topological polar surface area (TPSA) is 80.1 Å². The third-order valence-corrected chi connectivity index (χ3v) is 3.58. The quantitative estimate of drug-likeness (QED) is 0.866.